The van der Waals surface area contributed by atoms with Gasteiger partial charge in [-0.1, -0.05) is 38.1 Å². The highest BCUT2D eigenvalue weighted by molar-refractivity contribution is 5.75. The van der Waals surface area contributed by atoms with E-state index in [1.54, 1.807) is 12.1 Å². The van der Waals surface area contributed by atoms with Gasteiger partial charge in [0.25, 0.3) is 0 Å². The van der Waals surface area contributed by atoms with Crippen molar-refractivity contribution in [3.05, 3.63) is 47.8 Å². The van der Waals surface area contributed by atoms with Crippen LogP contribution in [-0.2, 0) is 9.53 Å². The second-order valence-electron chi connectivity index (χ2n) is 5.46. The van der Waals surface area contributed by atoms with Gasteiger partial charge in [-0.2, -0.15) is 0 Å². The molecule has 4 atom stereocenters. The number of halogens is 1. The van der Waals surface area contributed by atoms with Gasteiger partial charge in [0.1, 0.15) is 5.82 Å². The molecule has 0 saturated heterocycles. The van der Waals surface area contributed by atoms with E-state index in [9.17, 15) is 9.18 Å². The van der Waals surface area contributed by atoms with Crippen LogP contribution in [0.25, 0.3) is 0 Å². The Kier molecular flexibility index (Phi) is 4.58. The minimum atomic E-state index is -0.256. The van der Waals surface area contributed by atoms with E-state index in [-0.39, 0.29) is 35.5 Å². The maximum atomic E-state index is 13.1. The summed E-state index contributed by atoms with van der Waals surface area (Å²) < 4.78 is 18.3. The molecule has 108 valence electrons. The first kappa shape index (κ1) is 14.8. The fraction of sp³-hybridized carbons (Fsp3) is 0.471. The zero-order chi connectivity index (χ0) is 14.7. The number of hydrogen-bond donors (Lipinski definition) is 0. The van der Waals surface area contributed by atoms with Crippen LogP contribution in [0.3, 0.4) is 0 Å². The van der Waals surface area contributed by atoms with Gasteiger partial charge in [-0.25, -0.2) is 4.39 Å². The molecule has 0 heterocycles. The molecule has 0 aromatic heterocycles. The summed E-state index contributed by atoms with van der Waals surface area (Å²) in [4.78, 5) is 12.3. The predicted molar refractivity (Wildman–Crippen MR) is 76.7 cm³/mol. The van der Waals surface area contributed by atoms with Crippen molar-refractivity contribution < 1.29 is 13.9 Å². The molecule has 0 radical (unpaired) electrons. The summed E-state index contributed by atoms with van der Waals surface area (Å²) in [6.45, 7) is 6.32. The zero-order valence-corrected chi connectivity index (χ0v) is 12.2. The maximum Gasteiger partial charge on any atom is 0.310 e. The van der Waals surface area contributed by atoms with E-state index in [0.29, 0.717) is 6.61 Å². The van der Waals surface area contributed by atoms with Crippen LogP contribution in [-0.4, -0.2) is 12.6 Å². The molecule has 2 rings (SSSR count). The Labute approximate surface area is 119 Å². The smallest absolute Gasteiger partial charge is 0.310 e. The third kappa shape index (κ3) is 2.92. The van der Waals surface area contributed by atoms with Crippen molar-refractivity contribution in [3.63, 3.8) is 0 Å². The molecule has 0 bridgehead atoms. The van der Waals surface area contributed by atoms with Crippen molar-refractivity contribution >= 4 is 5.97 Å². The van der Waals surface area contributed by atoms with Crippen LogP contribution in [0.1, 0.15) is 32.3 Å². The molecule has 1 aromatic rings. The monoisotopic (exact) mass is 276 g/mol. The Morgan fingerprint density at radius 3 is 2.35 bits per heavy atom. The first-order valence-electron chi connectivity index (χ1n) is 7.15. The minimum Gasteiger partial charge on any atom is -0.466 e. The van der Waals surface area contributed by atoms with Crippen molar-refractivity contribution in [2.75, 3.05) is 6.61 Å². The Morgan fingerprint density at radius 1 is 1.15 bits per heavy atom. The number of ether oxygens (including phenoxy) is 1. The molecular weight excluding hydrogens is 255 g/mol. The molecule has 0 saturated carbocycles. The minimum absolute atomic E-state index is 0.0367. The van der Waals surface area contributed by atoms with Gasteiger partial charge in [-0.05, 0) is 36.5 Å². The van der Waals surface area contributed by atoms with E-state index in [4.69, 9.17) is 4.74 Å². The number of esters is 1. The molecule has 1 aliphatic rings. The third-order valence-electron chi connectivity index (χ3n) is 4.05. The standard InChI is InChI=1S/C17H21FO2/c1-4-20-17(19)16-12(3)6-5-11(2)15(16)13-7-9-14(18)10-8-13/h5-12,15-16H,4H2,1-3H3/t11-,12+,15?,16?/m1/s1. The maximum absolute atomic E-state index is 13.1. The van der Waals surface area contributed by atoms with E-state index in [2.05, 4.69) is 19.1 Å². The van der Waals surface area contributed by atoms with Crippen molar-refractivity contribution in [2.45, 2.75) is 26.7 Å². The van der Waals surface area contributed by atoms with Gasteiger partial charge in [-0.15, -0.1) is 0 Å². The second kappa shape index (κ2) is 6.21. The van der Waals surface area contributed by atoms with Gasteiger partial charge in [0.15, 0.2) is 0 Å². The van der Waals surface area contributed by atoms with Gasteiger partial charge in [0.2, 0.25) is 0 Å². The molecule has 3 heteroatoms. The highest BCUT2D eigenvalue weighted by atomic mass is 19.1. The van der Waals surface area contributed by atoms with Crippen molar-refractivity contribution in [1.29, 1.82) is 0 Å². The highest BCUT2D eigenvalue weighted by Crippen LogP contribution is 2.42. The molecule has 2 unspecified atom stereocenters. The van der Waals surface area contributed by atoms with Gasteiger partial charge in [-0.3, -0.25) is 4.79 Å². The van der Waals surface area contributed by atoms with Gasteiger partial charge >= 0.3 is 5.97 Å². The Morgan fingerprint density at radius 2 is 1.75 bits per heavy atom. The average Bonchev–Trinajstić information content (AvgIpc) is 2.42. The van der Waals surface area contributed by atoms with E-state index < -0.39 is 0 Å². The Bertz CT molecular complexity index is 492. The zero-order valence-electron chi connectivity index (χ0n) is 12.2. The molecule has 0 amide bonds. The fourth-order valence-corrected chi connectivity index (χ4v) is 3.04. The molecule has 0 spiro atoms. The first-order chi connectivity index (χ1) is 9.54. The Hall–Kier alpha value is -1.64. The largest absolute Gasteiger partial charge is 0.466 e. The summed E-state index contributed by atoms with van der Waals surface area (Å²) in [5.74, 6) is -0.236. The number of hydrogen-bond acceptors (Lipinski definition) is 2. The number of allylic oxidation sites excluding steroid dienone is 2. The van der Waals surface area contributed by atoms with Crippen molar-refractivity contribution in [3.8, 4) is 0 Å². The van der Waals surface area contributed by atoms with Crippen LogP contribution >= 0.6 is 0 Å². The van der Waals surface area contributed by atoms with Crippen LogP contribution in [0.4, 0.5) is 4.39 Å². The third-order valence-corrected chi connectivity index (χ3v) is 4.05. The summed E-state index contributed by atoms with van der Waals surface area (Å²) in [5.41, 5.74) is 0.994. The molecule has 0 N–H and O–H groups in total. The predicted octanol–water partition coefficient (Wildman–Crippen LogP) is 3.93. The van der Waals surface area contributed by atoms with Crippen LogP contribution in [0.2, 0.25) is 0 Å². The van der Waals surface area contributed by atoms with Crippen molar-refractivity contribution in [2.24, 2.45) is 17.8 Å². The fourth-order valence-electron chi connectivity index (χ4n) is 3.04. The number of benzene rings is 1. The molecule has 20 heavy (non-hydrogen) atoms. The van der Waals surface area contributed by atoms with Gasteiger partial charge in [0.05, 0.1) is 12.5 Å². The molecule has 0 aliphatic heterocycles. The molecular formula is C17H21FO2. The van der Waals surface area contributed by atoms with E-state index >= 15 is 0 Å². The van der Waals surface area contributed by atoms with Crippen LogP contribution in [0.15, 0.2) is 36.4 Å². The Balaban J connectivity index is 2.36. The van der Waals surface area contributed by atoms with E-state index in [1.807, 2.05) is 13.8 Å². The number of carbonyl (C=O) groups excluding carboxylic acids is 1. The lowest BCUT2D eigenvalue weighted by molar-refractivity contribution is -0.150. The summed E-state index contributed by atoms with van der Waals surface area (Å²) in [5, 5.41) is 0. The van der Waals surface area contributed by atoms with Crippen LogP contribution < -0.4 is 0 Å². The summed E-state index contributed by atoms with van der Waals surface area (Å²) in [6, 6.07) is 6.45. The topological polar surface area (TPSA) is 26.3 Å². The number of carbonyl (C=O) groups is 1. The lowest BCUT2D eigenvalue weighted by Gasteiger charge is -2.35. The van der Waals surface area contributed by atoms with Gasteiger partial charge in [0, 0.05) is 5.92 Å². The normalized spacial score (nSPS) is 29.2. The lowest BCUT2D eigenvalue weighted by Crippen LogP contribution is -2.34. The molecule has 2 nitrogen and oxygen atoms in total. The highest BCUT2D eigenvalue weighted by Gasteiger charge is 2.39. The second-order valence-corrected chi connectivity index (χ2v) is 5.46. The number of rotatable bonds is 3. The summed E-state index contributed by atoms with van der Waals surface area (Å²) in [6.07, 6.45) is 4.21. The SMILES string of the molecule is CCOC(=O)C1C(c2ccc(F)cc2)[C@H](C)C=C[C@@H]1C. The van der Waals surface area contributed by atoms with Gasteiger partial charge < -0.3 is 4.74 Å². The average molecular weight is 276 g/mol. The van der Waals surface area contributed by atoms with Crippen molar-refractivity contribution in [1.82, 2.24) is 0 Å². The van der Waals surface area contributed by atoms with E-state index in [0.717, 1.165) is 5.56 Å². The quantitative estimate of drug-likeness (QED) is 0.617. The van der Waals surface area contributed by atoms with E-state index in [1.165, 1.54) is 12.1 Å². The molecule has 1 aliphatic carbocycles. The van der Waals surface area contributed by atoms with Crippen LogP contribution in [0, 0.1) is 23.6 Å². The van der Waals surface area contributed by atoms with Crippen LogP contribution in [0.5, 0.6) is 0 Å². The summed E-state index contributed by atoms with van der Waals surface area (Å²) >= 11 is 0. The lowest BCUT2D eigenvalue weighted by atomic mass is 9.68. The summed E-state index contributed by atoms with van der Waals surface area (Å²) in [7, 11) is 0. The molecule has 1 aromatic carbocycles. The first-order valence-corrected chi connectivity index (χ1v) is 7.15. The molecule has 0 fully saturated rings.